The van der Waals surface area contributed by atoms with E-state index in [9.17, 15) is 12.8 Å². The van der Waals surface area contributed by atoms with Crippen LogP contribution in [0.5, 0.6) is 0 Å². The smallest absolute Gasteiger partial charge is 0.243 e. The number of benzene rings is 1. The van der Waals surface area contributed by atoms with Gasteiger partial charge in [-0.15, -0.1) is 6.58 Å². The highest BCUT2D eigenvalue weighted by Gasteiger charge is 2.21. The van der Waals surface area contributed by atoms with Crippen molar-refractivity contribution in [2.75, 3.05) is 13.6 Å². The van der Waals surface area contributed by atoms with E-state index in [0.717, 1.165) is 0 Å². The maximum absolute atomic E-state index is 13.8. The zero-order valence-corrected chi connectivity index (χ0v) is 13.8. The molecule has 0 saturated carbocycles. The third kappa shape index (κ3) is 4.91. The van der Waals surface area contributed by atoms with E-state index in [1.165, 1.54) is 35.6 Å². The van der Waals surface area contributed by atoms with Gasteiger partial charge < -0.3 is 5.32 Å². The van der Waals surface area contributed by atoms with Gasteiger partial charge in [0.05, 0.1) is 4.90 Å². The molecule has 21 heavy (non-hydrogen) atoms. The lowest BCUT2D eigenvalue weighted by Gasteiger charge is -2.21. The van der Waals surface area contributed by atoms with Gasteiger partial charge in [0.15, 0.2) is 0 Å². The molecule has 0 spiro atoms. The monoisotopic (exact) mass is 314 g/mol. The molecule has 1 N–H and O–H groups in total. The van der Waals surface area contributed by atoms with Crippen LogP contribution >= 0.6 is 0 Å². The van der Waals surface area contributed by atoms with Crippen molar-refractivity contribution in [2.24, 2.45) is 0 Å². The van der Waals surface area contributed by atoms with Gasteiger partial charge in [0, 0.05) is 31.2 Å². The predicted octanol–water partition coefficient (Wildman–Crippen LogP) is 2.52. The van der Waals surface area contributed by atoms with Gasteiger partial charge in [0.2, 0.25) is 10.0 Å². The molecule has 0 aliphatic rings. The molecule has 118 valence electrons. The van der Waals surface area contributed by atoms with Gasteiger partial charge in [-0.1, -0.05) is 6.08 Å². The molecule has 0 unspecified atom stereocenters. The highest BCUT2D eigenvalue weighted by molar-refractivity contribution is 7.89. The Kier molecular flexibility index (Phi) is 5.67. The first-order valence-corrected chi connectivity index (χ1v) is 8.12. The summed E-state index contributed by atoms with van der Waals surface area (Å²) in [6, 6.07) is 3.85. The number of nitrogens with one attached hydrogen (secondary N) is 1. The molecule has 0 radical (unpaired) electrons. The average Bonchev–Trinajstić information content (AvgIpc) is 2.36. The van der Waals surface area contributed by atoms with Gasteiger partial charge in [-0.3, -0.25) is 0 Å². The van der Waals surface area contributed by atoms with Crippen molar-refractivity contribution in [3.8, 4) is 0 Å². The normalized spacial score (nSPS) is 12.7. The van der Waals surface area contributed by atoms with Crippen LogP contribution in [0.2, 0.25) is 0 Å². The number of rotatable bonds is 6. The minimum atomic E-state index is -3.63. The Morgan fingerprint density at radius 2 is 2.00 bits per heavy atom. The van der Waals surface area contributed by atoms with Crippen LogP contribution < -0.4 is 5.32 Å². The largest absolute Gasteiger partial charge is 0.308 e. The second-order valence-electron chi connectivity index (χ2n) is 5.93. The van der Waals surface area contributed by atoms with Gasteiger partial charge in [-0.25, -0.2) is 12.8 Å². The highest BCUT2D eigenvalue weighted by atomic mass is 32.2. The van der Waals surface area contributed by atoms with E-state index in [-0.39, 0.29) is 23.5 Å². The van der Waals surface area contributed by atoms with E-state index in [1.54, 1.807) is 0 Å². The number of hydrogen-bond acceptors (Lipinski definition) is 3. The first-order chi connectivity index (χ1) is 9.58. The maximum Gasteiger partial charge on any atom is 0.243 e. The maximum atomic E-state index is 13.8. The number of nitrogens with zero attached hydrogens (tertiary/aromatic N) is 1. The fraction of sp³-hybridized carbons (Fsp3) is 0.467. The Hall–Kier alpha value is -1.24. The van der Waals surface area contributed by atoms with Crippen LogP contribution in [-0.2, 0) is 16.6 Å². The Balaban J connectivity index is 3.09. The van der Waals surface area contributed by atoms with Crippen molar-refractivity contribution in [2.45, 2.75) is 37.8 Å². The van der Waals surface area contributed by atoms with E-state index in [4.69, 9.17) is 0 Å². The molecule has 0 bridgehead atoms. The third-order valence-electron chi connectivity index (χ3n) is 2.92. The predicted molar refractivity (Wildman–Crippen MR) is 83.0 cm³/mol. The van der Waals surface area contributed by atoms with Crippen LogP contribution in [0, 0.1) is 5.82 Å². The lowest BCUT2D eigenvalue weighted by molar-refractivity contribution is 0.418. The molecule has 0 aliphatic heterocycles. The van der Waals surface area contributed by atoms with E-state index in [2.05, 4.69) is 11.9 Å². The van der Waals surface area contributed by atoms with Gasteiger partial charge in [0.1, 0.15) is 5.82 Å². The van der Waals surface area contributed by atoms with Crippen LogP contribution in [0.3, 0.4) is 0 Å². The summed E-state index contributed by atoms with van der Waals surface area (Å²) in [5.74, 6) is -0.419. The summed E-state index contributed by atoms with van der Waals surface area (Å²) in [6.07, 6.45) is 1.50. The molecule has 1 aromatic rings. The highest BCUT2D eigenvalue weighted by Crippen LogP contribution is 2.19. The summed E-state index contributed by atoms with van der Waals surface area (Å²) in [6.45, 7) is 9.88. The molecule has 0 fully saturated rings. The van der Waals surface area contributed by atoms with Crippen LogP contribution in [0.15, 0.2) is 35.7 Å². The number of sulfonamides is 1. The van der Waals surface area contributed by atoms with Crippen molar-refractivity contribution >= 4 is 10.0 Å². The average molecular weight is 314 g/mol. The first-order valence-electron chi connectivity index (χ1n) is 6.68. The Bertz CT molecular complexity index is 607. The lowest BCUT2D eigenvalue weighted by atomic mass is 10.1. The van der Waals surface area contributed by atoms with E-state index < -0.39 is 15.8 Å². The van der Waals surface area contributed by atoms with Gasteiger partial charge in [-0.05, 0) is 39.0 Å². The van der Waals surface area contributed by atoms with Crippen LogP contribution in [0.25, 0.3) is 0 Å². The molecule has 1 aromatic carbocycles. The summed E-state index contributed by atoms with van der Waals surface area (Å²) in [7, 11) is -2.16. The molecule has 0 amide bonds. The van der Waals surface area contributed by atoms with Gasteiger partial charge in [0.25, 0.3) is 0 Å². The third-order valence-corrected chi connectivity index (χ3v) is 4.74. The number of halogens is 1. The Labute approximate surface area is 126 Å². The van der Waals surface area contributed by atoms with Crippen molar-refractivity contribution in [3.05, 3.63) is 42.2 Å². The molecule has 0 aromatic heterocycles. The van der Waals surface area contributed by atoms with Gasteiger partial charge >= 0.3 is 0 Å². The second kappa shape index (κ2) is 6.68. The molecule has 6 heteroatoms. The summed E-state index contributed by atoms with van der Waals surface area (Å²) in [5.41, 5.74) is 0.152. The molecular formula is C15H23FN2O2S. The SMILES string of the molecule is C=CCN(C)S(=O)(=O)c1ccc(F)c(CNC(C)(C)C)c1. The molecular weight excluding hydrogens is 291 g/mol. The number of hydrogen-bond donors (Lipinski definition) is 1. The van der Waals surface area contributed by atoms with Crippen LogP contribution in [-0.4, -0.2) is 31.9 Å². The standard InChI is InChI=1S/C15H23FN2O2S/c1-6-9-18(5)21(19,20)13-7-8-14(16)12(10-13)11-17-15(2,3)4/h6-8,10,17H,1,9,11H2,2-5H3. The molecule has 0 saturated heterocycles. The summed E-state index contributed by atoms with van der Waals surface area (Å²) in [4.78, 5) is 0.0824. The quantitative estimate of drug-likeness (QED) is 0.821. The zero-order valence-electron chi connectivity index (χ0n) is 13.0. The van der Waals surface area contributed by atoms with Crippen LogP contribution in [0.4, 0.5) is 4.39 Å². The fourth-order valence-corrected chi connectivity index (χ4v) is 2.86. The molecule has 0 heterocycles. The van der Waals surface area contributed by atoms with Crippen molar-refractivity contribution in [1.82, 2.24) is 9.62 Å². The van der Waals surface area contributed by atoms with Crippen molar-refractivity contribution in [1.29, 1.82) is 0 Å². The summed E-state index contributed by atoms with van der Waals surface area (Å²) in [5, 5.41) is 3.15. The molecule has 0 aliphatic carbocycles. The minimum Gasteiger partial charge on any atom is -0.308 e. The Morgan fingerprint density at radius 1 is 1.38 bits per heavy atom. The summed E-state index contributed by atoms with van der Waals surface area (Å²) < 4.78 is 39.6. The van der Waals surface area contributed by atoms with E-state index in [1.807, 2.05) is 20.8 Å². The van der Waals surface area contributed by atoms with Gasteiger partial charge in [-0.2, -0.15) is 4.31 Å². The molecule has 1 rings (SSSR count). The molecule has 4 nitrogen and oxygen atoms in total. The van der Waals surface area contributed by atoms with E-state index >= 15 is 0 Å². The zero-order chi connectivity index (χ0) is 16.3. The lowest BCUT2D eigenvalue weighted by Crippen LogP contribution is -2.35. The van der Waals surface area contributed by atoms with Crippen molar-refractivity contribution < 1.29 is 12.8 Å². The van der Waals surface area contributed by atoms with Crippen LogP contribution in [0.1, 0.15) is 26.3 Å². The first kappa shape index (κ1) is 17.8. The van der Waals surface area contributed by atoms with Crippen molar-refractivity contribution in [3.63, 3.8) is 0 Å². The minimum absolute atomic E-state index is 0.0824. The topological polar surface area (TPSA) is 49.4 Å². The van der Waals surface area contributed by atoms with E-state index in [0.29, 0.717) is 5.56 Å². The Morgan fingerprint density at radius 3 is 2.52 bits per heavy atom. The second-order valence-corrected chi connectivity index (χ2v) is 7.98. The summed E-state index contributed by atoms with van der Waals surface area (Å²) >= 11 is 0. The molecule has 0 atom stereocenters. The fourth-order valence-electron chi connectivity index (χ4n) is 1.67. The number of likely N-dealkylation sites (N-methyl/N-ethyl adjacent to an activating group) is 1.